The molecule has 1 aliphatic carbocycles. The van der Waals surface area contributed by atoms with Crippen LogP contribution in [0.3, 0.4) is 0 Å². The van der Waals surface area contributed by atoms with Gasteiger partial charge in [0.1, 0.15) is 11.7 Å². The molecule has 5 atom stereocenters. The third-order valence-electron chi connectivity index (χ3n) is 8.36. The Morgan fingerprint density at radius 2 is 1.97 bits per heavy atom. The summed E-state index contributed by atoms with van der Waals surface area (Å²) in [5, 5.41) is 7.28. The van der Waals surface area contributed by atoms with Crippen LogP contribution in [0.25, 0.3) is 10.9 Å². The molecule has 1 aromatic carbocycles. The Morgan fingerprint density at radius 1 is 1.22 bits per heavy atom. The Hall–Kier alpha value is -2.58. The first-order valence-electron chi connectivity index (χ1n) is 12.4. The van der Waals surface area contributed by atoms with E-state index in [1.54, 1.807) is 30.0 Å². The number of ketones is 1. The van der Waals surface area contributed by atoms with Crippen LogP contribution in [0.2, 0.25) is 10.0 Å². The highest BCUT2D eigenvalue weighted by Gasteiger charge is 2.69. The van der Waals surface area contributed by atoms with Gasteiger partial charge in [0.15, 0.2) is 5.78 Å². The molecule has 8 nitrogen and oxygen atoms in total. The summed E-state index contributed by atoms with van der Waals surface area (Å²) in [5.41, 5.74) is 0.894. The van der Waals surface area contributed by atoms with E-state index in [0.717, 1.165) is 0 Å². The predicted molar refractivity (Wildman–Crippen MR) is 137 cm³/mol. The van der Waals surface area contributed by atoms with E-state index in [9.17, 15) is 19.2 Å². The molecule has 2 aromatic rings. The van der Waals surface area contributed by atoms with E-state index < -0.39 is 12.1 Å². The van der Waals surface area contributed by atoms with Crippen molar-refractivity contribution >= 4 is 57.6 Å². The number of halogens is 2. The maximum absolute atomic E-state index is 13.7. The van der Waals surface area contributed by atoms with Crippen molar-refractivity contribution in [2.45, 2.75) is 52.1 Å². The van der Waals surface area contributed by atoms with Crippen LogP contribution in [-0.2, 0) is 14.4 Å². The quantitative estimate of drug-likeness (QED) is 0.506. The van der Waals surface area contributed by atoms with Crippen LogP contribution >= 0.6 is 23.2 Å². The van der Waals surface area contributed by atoms with Crippen molar-refractivity contribution in [2.75, 3.05) is 13.1 Å². The molecule has 0 bridgehead atoms. The molecule has 3 amide bonds. The van der Waals surface area contributed by atoms with Gasteiger partial charge >= 0.3 is 0 Å². The number of aromatic amines is 1. The number of hydrogen-bond acceptors (Lipinski definition) is 4. The number of likely N-dealkylation sites (tertiary alicyclic amines) is 1. The third kappa shape index (κ3) is 4.18. The molecular weight excluding hydrogens is 503 g/mol. The number of nitrogens with zero attached hydrogens (tertiary/aromatic N) is 1. The van der Waals surface area contributed by atoms with Crippen LogP contribution in [0.5, 0.6) is 0 Å². The first-order chi connectivity index (χ1) is 17.0. The minimum absolute atomic E-state index is 0.00369. The molecule has 5 rings (SSSR count). The Balaban J connectivity index is 1.40. The monoisotopic (exact) mass is 532 g/mol. The number of carbonyl (C=O) groups is 4. The zero-order valence-electron chi connectivity index (χ0n) is 20.5. The van der Waals surface area contributed by atoms with Gasteiger partial charge in [0.25, 0.3) is 5.91 Å². The smallest absolute Gasteiger partial charge is 0.271 e. The lowest BCUT2D eigenvalue weighted by molar-refractivity contribution is -0.132. The Morgan fingerprint density at radius 3 is 2.64 bits per heavy atom. The molecule has 10 heteroatoms. The normalized spacial score (nSPS) is 27.0. The molecule has 3 aliphatic rings. The number of nitrogens with one attached hydrogen (secondary N) is 3. The van der Waals surface area contributed by atoms with E-state index in [0.29, 0.717) is 46.2 Å². The molecule has 192 valence electrons. The van der Waals surface area contributed by atoms with Gasteiger partial charge in [-0.3, -0.25) is 19.2 Å². The van der Waals surface area contributed by atoms with Gasteiger partial charge in [0.2, 0.25) is 11.8 Å². The largest absolute Gasteiger partial charge is 0.356 e. The summed E-state index contributed by atoms with van der Waals surface area (Å²) in [5.74, 6) is -0.958. The van der Waals surface area contributed by atoms with Gasteiger partial charge < -0.3 is 20.5 Å². The van der Waals surface area contributed by atoms with Gasteiger partial charge in [-0.1, -0.05) is 44.0 Å². The Labute approximate surface area is 219 Å². The fourth-order valence-corrected chi connectivity index (χ4v) is 6.70. The van der Waals surface area contributed by atoms with Crippen molar-refractivity contribution in [3.8, 4) is 0 Å². The molecule has 2 aliphatic heterocycles. The predicted octanol–water partition coefficient (Wildman–Crippen LogP) is 3.56. The van der Waals surface area contributed by atoms with Crippen LogP contribution < -0.4 is 10.6 Å². The Bertz CT molecular complexity index is 1270. The SMILES string of the molecule is CCC(=O)C(CC1CCNC1=O)NC(=O)C1C2C(CN1C(=O)c1cc3c(Cl)cc(Cl)cc3[nH]1)C2(C)C. The number of Topliss-reactive ketones (excluding diaryl/α,β-unsaturated/α-hetero) is 1. The molecule has 0 spiro atoms. The number of aromatic nitrogens is 1. The van der Waals surface area contributed by atoms with E-state index in [1.807, 2.05) is 0 Å². The topological polar surface area (TPSA) is 111 Å². The van der Waals surface area contributed by atoms with Crippen LogP contribution in [-0.4, -0.2) is 58.6 Å². The lowest BCUT2D eigenvalue weighted by Crippen LogP contribution is -2.54. The van der Waals surface area contributed by atoms with E-state index in [4.69, 9.17) is 23.2 Å². The first kappa shape index (κ1) is 25.1. The maximum Gasteiger partial charge on any atom is 0.271 e. The second kappa shape index (κ2) is 9.06. The molecule has 2 saturated heterocycles. The van der Waals surface area contributed by atoms with E-state index in [2.05, 4.69) is 29.5 Å². The average molecular weight is 533 g/mol. The summed E-state index contributed by atoms with van der Waals surface area (Å²) in [6, 6.07) is 3.54. The molecular formula is C26H30Cl2N4O4. The van der Waals surface area contributed by atoms with Gasteiger partial charge in [0.05, 0.1) is 11.1 Å². The van der Waals surface area contributed by atoms with Crippen molar-refractivity contribution in [1.82, 2.24) is 20.5 Å². The molecule has 1 aromatic heterocycles. The van der Waals surface area contributed by atoms with Crippen LogP contribution in [0.4, 0.5) is 0 Å². The number of piperidine rings is 1. The van der Waals surface area contributed by atoms with Gasteiger partial charge in [-0.15, -0.1) is 0 Å². The highest BCUT2D eigenvalue weighted by molar-refractivity contribution is 6.38. The van der Waals surface area contributed by atoms with Crippen molar-refractivity contribution in [2.24, 2.45) is 23.2 Å². The Kier molecular flexibility index (Phi) is 6.32. The summed E-state index contributed by atoms with van der Waals surface area (Å²) in [6.07, 6.45) is 1.16. The minimum Gasteiger partial charge on any atom is -0.356 e. The highest BCUT2D eigenvalue weighted by Crippen LogP contribution is 2.65. The zero-order valence-corrected chi connectivity index (χ0v) is 22.0. The molecule has 3 N–H and O–H groups in total. The summed E-state index contributed by atoms with van der Waals surface area (Å²) >= 11 is 12.4. The second-order valence-corrected chi connectivity index (χ2v) is 11.6. The van der Waals surface area contributed by atoms with Gasteiger partial charge in [-0.05, 0) is 48.3 Å². The zero-order chi connectivity index (χ0) is 25.9. The molecule has 36 heavy (non-hydrogen) atoms. The summed E-state index contributed by atoms with van der Waals surface area (Å²) in [6.45, 7) is 6.98. The van der Waals surface area contributed by atoms with E-state index >= 15 is 0 Å². The van der Waals surface area contributed by atoms with Crippen molar-refractivity contribution < 1.29 is 19.2 Å². The number of amides is 3. The number of H-pyrrole nitrogens is 1. The molecule has 3 heterocycles. The summed E-state index contributed by atoms with van der Waals surface area (Å²) < 4.78 is 0. The maximum atomic E-state index is 13.7. The van der Waals surface area contributed by atoms with Crippen molar-refractivity contribution in [3.05, 3.63) is 33.9 Å². The van der Waals surface area contributed by atoms with E-state index in [-0.39, 0.29) is 59.5 Å². The van der Waals surface area contributed by atoms with Crippen molar-refractivity contribution in [3.63, 3.8) is 0 Å². The molecule has 0 radical (unpaired) electrons. The minimum atomic E-state index is -0.761. The van der Waals surface area contributed by atoms with Gasteiger partial charge in [-0.2, -0.15) is 0 Å². The lowest BCUT2D eigenvalue weighted by Gasteiger charge is -2.31. The lowest BCUT2D eigenvalue weighted by atomic mass is 9.94. The summed E-state index contributed by atoms with van der Waals surface area (Å²) in [4.78, 5) is 56.8. The standard InChI is InChI=1S/C26H30Cl2N4O4/c1-4-20(33)18(7-12-5-6-29-23(12)34)31-24(35)22-21-15(26(21,2)3)11-32(22)25(36)19-10-14-16(28)8-13(27)9-17(14)30-19/h8-10,12,15,18,21-22,30H,4-7,11H2,1-3H3,(H,29,34)(H,31,35). The highest BCUT2D eigenvalue weighted by atomic mass is 35.5. The molecule has 3 fully saturated rings. The second-order valence-electron chi connectivity index (χ2n) is 10.8. The van der Waals surface area contributed by atoms with Crippen LogP contribution in [0.1, 0.15) is 50.5 Å². The number of hydrogen-bond donors (Lipinski definition) is 3. The van der Waals surface area contributed by atoms with Gasteiger partial charge in [0, 0.05) is 41.4 Å². The fourth-order valence-electron chi connectivity index (χ4n) is 6.15. The number of carbonyl (C=O) groups excluding carboxylic acids is 4. The van der Waals surface area contributed by atoms with Crippen LogP contribution in [0, 0.1) is 23.2 Å². The van der Waals surface area contributed by atoms with Gasteiger partial charge in [-0.25, -0.2) is 0 Å². The summed E-state index contributed by atoms with van der Waals surface area (Å²) in [7, 11) is 0. The number of benzene rings is 1. The van der Waals surface area contributed by atoms with Crippen molar-refractivity contribution in [1.29, 1.82) is 0 Å². The molecule has 1 saturated carbocycles. The van der Waals surface area contributed by atoms with E-state index in [1.165, 1.54) is 0 Å². The van der Waals surface area contributed by atoms with Crippen LogP contribution in [0.15, 0.2) is 18.2 Å². The number of rotatable bonds is 7. The average Bonchev–Trinajstić information content (AvgIpc) is 3.33. The number of fused-ring (bicyclic) bond motifs is 2. The first-order valence-corrected chi connectivity index (χ1v) is 13.2. The fraction of sp³-hybridized carbons (Fsp3) is 0.538. The third-order valence-corrected chi connectivity index (χ3v) is 8.89. The molecule has 5 unspecified atom stereocenters.